The highest BCUT2D eigenvalue weighted by atomic mass is 16.5. The molecular weight excluding hydrogens is 302 g/mol. The van der Waals surface area contributed by atoms with Crippen molar-refractivity contribution in [2.24, 2.45) is 5.92 Å². The lowest BCUT2D eigenvalue weighted by Gasteiger charge is -2.14. The van der Waals surface area contributed by atoms with Gasteiger partial charge in [0.25, 0.3) is 5.91 Å². The summed E-state index contributed by atoms with van der Waals surface area (Å²) in [5, 5.41) is 2.91. The minimum absolute atomic E-state index is 0.0634. The molecule has 0 radical (unpaired) electrons. The number of nitrogens with one attached hydrogen (secondary N) is 1. The van der Waals surface area contributed by atoms with Crippen molar-refractivity contribution in [3.8, 4) is 11.5 Å². The average Bonchev–Trinajstić information content (AvgIpc) is 2.53. The van der Waals surface area contributed by atoms with Crippen LogP contribution in [-0.2, 0) is 0 Å². The van der Waals surface area contributed by atoms with Crippen LogP contribution in [0.1, 0.15) is 38.1 Å². The predicted molar refractivity (Wildman–Crippen MR) is 96.9 cm³/mol. The molecule has 0 aliphatic rings. The molecule has 0 fully saturated rings. The molecule has 0 saturated heterocycles. The van der Waals surface area contributed by atoms with Crippen molar-refractivity contribution in [1.29, 1.82) is 0 Å². The third-order valence-electron chi connectivity index (χ3n) is 3.18. The number of benzene rings is 2. The molecule has 2 aromatic carbocycles. The molecule has 0 saturated carbocycles. The first kappa shape index (κ1) is 17.9. The van der Waals surface area contributed by atoms with Gasteiger partial charge in [-0.3, -0.25) is 4.79 Å². The van der Waals surface area contributed by atoms with Crippen LogP contribution in [0, 0.1) is 5.92 Å². The number of anilines is 1. The topological polar surface area (TPSA) is 47.6 Å². The highest BCUT2D eigenvalue weighted by molar-refractivity contribution is 6.05. The van der Waals surface area contributed by atoms with E-state index in [-0.39, 0.29) is 12.0 Å². The average molecular weight is 327 g/mol. The van der Waals surface area contributed by atoms with E-state index in [2.05, 4.69) is 19.2 Å². The van der Waals surface area contributed by atoms with Gasteiger partial charge in [-0.1, -0.05) is 32.0 Å². The van der Waals surface area contributed by atoms with Gasteiger partial charge in [0.15, 0.2) is 0 Å². The Hall–Kier alpha value is -2.49. The van der Waals surface area contributed by atoms with Gasteiger partial charge >= 0.3 is 0 Å². The molecule has 2 rings (SSSR count). The largest absolute Gasteiger partial charge is 0.491 e. The molecule has 128 valence electrons. The summed E-state index contributed by atoms with van der Waals surface area (Å²) < 4.78 is 11.4. The summed E-state index contributed by atoms with van der Waals surface area (Å²) in [6.07, 6.45) is 0.0634. The Labute approximate surface area is 143 Å². The van der Waals surface area contributed by atoms with E-state index in [0.29, 0.717) is 35.3 Å². The number of hydrogen-bond acceptors (Lipinski definition) is 3. The lowest BCUT2D eigenvalue weighted by atomic mass is 10.2. The molecule has 0 spiro atoms. The third kappa shape index (κ3) is 5.30. The van der Waals surface area contributed by atoms with Gasteiger partial charge < -0.3 is 14.8 Å². The summed E-state index contributed by atoms with van der Waals surface area (Å²) in [5.41, 5.74) is 1.21. The molecule has 0 unspecified atom stereocenters. The summed E-state index contributed by atoms with van der Waals surface area (Å²) in [4.78, 5) is 12.5. The van der Waals surface area contributed by atoms with Crippen molar-refractivity contribution < 1.29 is 14.3 Å². The molecule has 4 nitrogen and oxygen atoms in total. The predicted octanol–water partition coefficient (Wildman–Crippen LogP) is 4.76. The van der Waals surface area contributed by atoms with E-state index >= 15 is 0 Å². The molecule has 0 atom stereocenters. The lowest BCUT2D eigenvalue weighted by Crippen LogP contribution is -2.14. The van der Waals surface area contributed by atoms with Gasteiger partial charge in [-0.15, -0.1) is 0 Å². The number of carbonyl (C=O) groups excluding carboxylic acids is 1. The maximum Gasteiger partial charge on any atom is 0.255 e. The van der Waals surface area contributed by atoms with Crippen molar-refractivity contribution in [2.75, 3.05) is 11.9 Å². The van der Waals surface area contributed by atoms with Crippen molar-refractivity contribution in [3.05, 3.63) is 54.1 Å². The summed E-state index contributed by atoms with van der Waals surface area (Å²) in [5.74, 6) is 1.58. The Balaban J connectivity index is 2.12. The van der Waals surface area contributed by atoms with Crippen molar-refractivity contribution in [2.45, 2.75) is 33.8 Å². The van der Waals surface area contributed by atoms with Gasteiger partial charge in [0.2, 0.25) is 0 Å². The van der Waals surface area contributed by atoms with Crippen LogP contribution in [0.25, 0.3) is 0 Å². The highest BCUT2D eigenvalue weighted by Gasteiger charge is 2.11. The first-order chi connectivity index (χ1) is 11.5. The quantitative estimate of drug-likeness (QED) is 0.797. The number of rotatable bonds is 7. The fourth-order valence-corrected chi connectivity index (χ4v) is 2.13. The second kappa shape index (κ2) is 8.39. The van der Waals surface area contributed by atoms with Crippen LogP contribution >= 0.6 is 0 Å². The fourth-order valence-electron chi connectivity index (χ4n) is 2.13. The Bertz CT molecular complexity index is 680. The molecule has 0 aromatic heterocycles. The third-order valence-corrected chi connectivity index (χ3v) is 3.18. The monoisotopic (exact) mass is 327 g/mol. The molecule has 24 heavy (non-hydrogen) atoms. The zero-order chi connectivity index (χ0) is 17.5. The Morgan fingerprint density at radius 1 is 1.04 bits per heavy atom. The Morgan fingerprint density at radius 2 is 1.79 bits per heavy atom. The molecular formula is C20H25NO3. The molecule has 4 heteroatoms. The first-order valence-electron chi connectivity index (χ1n) is 8.25. The number of ether oxygens (including phenoxy) is 2. The van der Waals surface area contributed by atoms with E-state index in [1.54, 1.807) is 12.1 Å². The van der Waals surface area contributed by atoms with Gasteiger partial charge in [0.1, 0.15) is 11.5 Å². The lowest BCUT2D eigenvalue weighted by molar-refractivity contribution is 0.102. The Kier molecular flexibility index (Phi) is 6.24. The molecule has 0 aliphatic heterocycles. The minimum Gasteiger partial charge on any atom is -0.491 e. The molecule has 0 heterocycles. The zero-order valence-corrected chi connectivity index (χ0v) is 14.7. The SMILES string of the molecule is CC(C)COc1ccccc1NC(=O)c1cccc(OC(C)C)c1. The van der Waals surface area contributed by atoms with Crippen LogP contribution in [0.2, 0.25) is 0 Å². The van der Waals surface area contributed by atoms with Crippen LogP contribution in [-0.4, -0.2) is 18.6 Å². The van der Waals surface area contributed by atoms with Crippen molar-refractivity contribution >= 4 is 11.6 Å². The minimum atomic E-state index is -0.190. The second-order valence-electron chi connectivity index (χ2n) is 6.35. The molecule has 1 amide bonds. The van der Waals surface area contributed by atoms with Crippen molar-refractivity contribution in [1.82, 2.24) is 0 Å². The fraction of sp³-hybridized carbons (Fsp3) is 0.350. The van der Waals surface area contributed by atoms with Gasteiger partial charge in [-0.2, -0.15) is 0 Å². The molecule has 0 bridgehead atoms. The van der Waals surface area contributed by atoms with Gasteiger partial charge in [-0.25, -0.2) is 0 Å². The van der Waals surface area contributed by atoms with Crippen LogP contribution in [0.15, 0.2) is 48.5 Å². The van der Waals surface area contributed by atoms with Gasteiger partial charge in [0.05, 0.1) is 18.4 Å². The van der Waals surface area contributed by atoms with Gasteiger partial charge in [0, 0.05) is 5.56 Å². The Morgan fingerprint density at radius 3 is 2.50 bits per heavy atom. The first-order valence-corrected chi connectivity index (χ1v) is 8.25. The van der Waals surface area contributed by atoms with E-state index < -0.39 is 0 Å². The number of amides is 1. The maximum atomic E-state index is 12.5. The zero-order valence-electron chi connectivity index (χ0n) is 14.7. The maximum absolute atomic E-state index is 12.5. The standard InChI is InChI=1S/C20H25NO3/c1-14(2)13-23-19-11-6-5-10-18(19)21-20(22)16-8-7-9-17(12-16)24-15(3)4/h5-12,14-15H,13H2,1-4H3,(H,21,22). The smallest absolute Gasteiger partial charge is 0.255 e. The van der Waals surface area contributed by atoms with Crippen LogP contribution in [0.4, 0.5) is 5.69 Å². The van der Waals surface area contributed by atoms with E-state index in [1.165, 1.54) is 0 Å². The van der Waals surface area contributed by atoms with E-state index in [9.17, 15) is 4.79 Å². The van der Waals surface area contributed by atoms with Gasteiger partial charge in [-0.05, 0) is 50.1 Å². The normalized spacial score (nSPS) is 10.8. The van der Waals surface area contributed by atoms with Crippen LogP contribution in [0.5, 0.6) is 11.5 Å². The summed E-state index contributed by atoms with van der Waals surface area (Å²) in [7, 11) is 0. The van der Waals surface area contributed by atoms with Crippen LogP contribution in [0.3, 0.4) is 0 Å². The highest BCUT2D eigenvalue weighted by Crippen LogP contribution is 2.25. The molecule has 0 aliphatic carbocycles. The molecule has 1 N–H and O–H groups in total. The van der Waals surface area contributed by atoms with Crippen LogP contribution < -0.4 is 14.8 Å². The van der Waals surface area contributed by atoms with E-state index in [1.807, 2.05) is 50.2 Å². The molecule has 2 aromatic rings. The number of carbonyl (C=O) groups is 1. The number of para-hydroxylation sites is 2. The summed E-state index contributed by atoms with van der Waals surface area (Å²) in [6, 6.07) is 14.6. The second-order valence-corrected chi connectivity index (χ2v) is 6.35. The van der Waals surface area contributed by atoms with E-state index in [4.69, 9.17) is 9.47 Å². The number of hydrogen-bond donors (Lipinski definition) is 1. The summed E-state index contributed by atoms with van der Waals surface area (Å²) in [6.45, 7) is 8.68. The van der Waals surface area contributed by atoms with E-state index in [0.717, 1.165) is 0 Å². The summed E-state index contributed by atoms with van der Waals surface area (Å²) >= 11 is 0. The van der Waals surface area contributed by atoms with Crippen molar-refractivity contribution in [3.63, 3.8) is 0 Å².